The van der Waals surface area contributed by atoms with Gasteiger partial charge in [-0.25, -0.2) is 0 Å². The van der Waals surface area contributed by atoms with Crippen LogP contribution < -0.4 is 4.74 Å². The first kappa shape index (κ1) is 63.6. The summed E-state index contributed by atoms with van der Waals surface area (Å²) in [5, 5.41) is 0. The van der Waals surface area contributed by atoms with Gasteiger partial charge in [0.1, 0.15) is 12.4 Å². The monoisotopic (exact) mass is 959 g/mol. The van der Waals surface area contributed by atoms with E-state index in [1.807, 2.05) is 0 Å². The van der Waals surface area contributed by atoms with Crippen molar-refractivity contribution in [3.8, 4) is 5.75 Å². The van der Waals surface area contributed by atoms with Gasteiger partial charge in [0, 0.05) is 6.61 Å². The van der Waals surface area contributed by atoms with Gasteiger partial charge in [0.25, 0.3) is 0 Å². The lowest BCUT2D eigenvalue weighted by molar-refractivity contribution is -0.0285. The maximum Gasteiger partial charge on any atom is 0.119 e. The summed E-state index contributed by atoms with van der Waals surface area (Å²) in [5.74, 6) is 0.886. The van der Waals surface area contributed by atoms with Crippen LogP contribution in [0.2, 0.25) is 0 Å². The average molecular weight is 959 g/mol. The van der Waals surface area contributed by atoms with E-state index in [1.54, 1.807) is 0 Å². The molecule has 0 unspecified atom stereocenters. The molecule has 0 aliphatic carbocycles. The number of aryl methyl sites for hydroxylation is 1. The van der Waals surface area contributed by atoms with Crippen LogP contribution in [-0.4, -0.2) is 165 Å². The van der Waals surface area contributed by atoms with Gasteiger partial charge in [0.15, 0.2) is 0 Å². The Labute approximate surface area is 409 Å². The number of rotatable bonds is 59. The Bertz CT molecular complexity index is 1040. The Morgan fingerprint density at radius 1 is 0.224 bits per heavy atom. The Morgan fingerprint density at radius 2 is 0.448 bits per heavy atom. The molecule has 67 heavy (non-hydrogen) atoms. The van der Waals surface area contributed by atoms with Crippen LogP contribution in [0, 0.1) is 0 Å². The summed E-state index contributed by atoms with van der Waals surface area (Å²) in [5.41, 5.74) is 1.38. The molecule has 396 valence electrons. The van der Waals surface area contributed by atoms with E-state index in [0.29, 0.717) is 159 Å². The maximum absolute atomic E-state index is 5.79. The predicted molar refractivity (Wildman–Crippen MR) is 269 cm³/mol. The van der Waals surface area contributed by atoms with E-state index >= 15 is 0 Å². The molecule has 0 fully saturated rings. The molecule has 0 aliphatic rings. The normalized spacial score (nSPS) is 11.6. The molecule has 0 saturated heterocycles. The molecule has 0 heterocycles. The van der Waals surface area contributed by atoms with Gasteiger partial charge in [0.2, 0.25) is 0 Å². The highest BCUT2D eigenvalue weighted by molar-refractivity contribution is 5.27. The van der Waals surface area contributed by atoms with Crippen LogP contribution in [0.3, 0.4) is 0 Å². The minimum atomic E-state index is 0.512. The van der Waals surface area contributed by atoms with Crippen molar-refractivity contribution in [2.75, 3.05) is 165 Å². The van der Waals surface area contributed by atoms with Crippen LogP contribution in [-0.2, 0) is 63.3 Å². The molecule has 1 aromatic carbocycles. The minimum absolute atomic E-state index is 0.512. The van der Waals surface area contributed by atoms with Crippen molar-refractivity contribution in [1.82, 2.24) is 0 Å². The van der Waals surface area contributed by atoms with Crippen LogP contribution in [0.5, 0.6) is 5.75 Å². The number of ether oxygens (including phenoxy) is 13. The van der Waals surface area contributed by atoms with Crippen molar-refractivity contribution >= 4 is 0 Å². The van der Waals surface area contributed by atoms with Gasteiger partial charge >= 0.3 is 0 Å². The van der Waals surface area contributed by atoms with E-state index in [9.17, 15) is 0 Å². The quantitative estimate of drug-likeness (QED) is 0.0577. The highest BCUT2D eigenvalue weighted by Gasteiger charge is 2.01. The molecule has 0 saturated carbocycles. The fourth-order valence-electron chi connectivity index (χ4n) is 7.00. The maximum atomic E-state index is 5.79. The SMILES string of the molecule is CCCCCCCCCCCCCCCCOCCOCCOCCOCCOCCOCCOCCOCCOCCOCCOCCOCCOc1ccc(CCCCCCCC)cc1. The highest BCUT2D eigenvalue weighted by Crippen LogP contribution is 2.16. The number of unbranched alkanes of at least 4 members (excludes halogenated alkanes) is 18. The molecule has 0 radical (unpaired) electrons. The van der Waals surface area contributed by atoms with Crippen LogP contribution in [0.15, 0.2) is 24.3 Å². The van der Waals surface area contributed by atoms with Crippen molar-refractivity contribution < 1.29 is 61.6 Å². The fourth-order valence-corrected chi connectivity index (χ4v) is 7.00. The van der Waals surface area contributed by atoms with Gasteiger partial charge in [-0.1, -0.05) is 142 Å². The van der Waals surface area contributed by atoms with Crippen LogP contribution in [0.1, 0.15) is 148 Å². The second-order valence-corrected chi connectivity index (χ2v) is 17.0. The van der Waals surface area contributed by atoms with E-state index in [1.165, 1.54) is 128 Å². The fraction of sp³-hybridized carbons (Fsp3) is 0.889. The van der Waals surface area contributed by atoms with E-state index in [4.69, 9.17) is 61.6 Å². The van der Waals surface area contributed by atoms with Crippen LogP contribution in [0.25, 0.3) is 0 Å². The summed E-state index contributed by atoms with van der Waals surface area (Å²) in [4.78, 5) is 0. The van der Waals surface area contributed by atoms with Crippen molar-refractivity contribution in [2.24, 2.45) is 0 Å². The summed E-state index contributed by atoms with van der Waals surface area (Å²) in [6.45, 7) is 18.2. The molecular formula is C54H102O13. The second kappa shape index (κ2) is 57.1. The largest absolute Gasteiger partial charge is 0.491 e. The summed E-state index contributed by atoms with van der Waals surface area (Å²) in [6, 6.07) is 8.45. The molecule has 0 aromatic heterocycles. The molecular weight excluding hydrogens is 857 g/mol. The zero-order valence-corrected chi connectivity index (χ0v) is 43.1. The van der Waals surface area contributed by atoms with Crippen LogP contribution >= 0.6 is 0 Å². The number of hydrogen-bond acceptors (Lipinski definition) is 13. The smallest absolute Gasteiger partial charge is 0.119 e. The molecule has 0 atom stereocenters. The van der Waals surface area contributed by atoms with Gasteiger partial charge in [-0.05, 0) is 37.0 Å². The average Bonchev–Trinajstić information content (AvgIpc) is 3.34. The minimum Gasteiger partial charge on any atom is -0.491 e. The summed E-state index contributed by atoms with van der Waals surface area (Å²) < 4.78 is 72.6. The second-order valence-electron chi connectivity index (χ2n) is 17.0. The first-order valence-corrected chi connectivity index (χ1v) is 27.0. The third-order valence-electron chi connectivity index (χ3n) is 11.0. The third-order valence-corrected chi connectivity index (χ3v) is 11.0. The predicted octanol–water partition coefficient (Wildman–Crippen LogP) is 10.6. The standard InChI is InChI=1S/C54H102O13/c1-3-5-7-9-11-12-13-14-15-16-17-18-20-22-28-55-29-30-56-31-32-57-33-34-58-35-36-59-37-38-60-39-40-61-41-42-62-43-44-63-45-46-64-47-48-65-49-50-66-51-52-67-54-26-24-53(25-27-54)23-21-19-10-8-6-4-2/h24-27H,3-23,28-52H2,1-2H3. The third kappa shape index (κ3) is 52.2. The lowest BCUT2D eigenvalue weighted by Gasteiger charge is -2.09. The molecule has 1 rings (SSSR count). The molecule has 0 amide bonds. The van der Waals surface area contributed by atoms with Crippen molar-refractivity contribution in [2.45, 2.75) is 149 Å². The van der Waals surface area contributed by atoms with E-state index < -0.39 is 0 Å². The molecule has 13 nitrogen and oxygen atoms in total. The molecule has 0 N–H and O–H groups in total. The first-order chi connectivity index (χ1) is 33.4. The zero-order valence-electron chi connectivity index (χ0n) is 43.1. The van der Waals surface area contributed by atoms with Crippen LogP contribution in [0.4, 0.5) is 0 Å². The van der Waals surface area contributed by atoms with E-state index in [0.717, 1.165) is 25.2 Å². The lowest BCUT2D eigenvalue weighted by Crippen LogP contribution is -2.15. The number of hydrogen-bond donors (Lipinski definition) is 0. The molecule has 0 aliphatic heterocycles. The first-order valence-electron chi connectivity index (χ1n) is 27.0. The summed E-state index contributed by atoms with van der Waals surface area (Å²) >= 11 is 0. The Kier molecular flexibility index (Phi) is 54.2. The Morgan fingerprint density at radius 3 is 0.731 bits per heavy atom. The van der Waals surface area contributed by atoms with Gasteiger partial charge in [0.05, 0.1) is 152 Å². The molecule has 0 bridgehead atoms. The Hall–Kier alpha value is -1.46. The molecule has 0 spiro atoms. The highest BCUT2D eigenvalue weighted by atomic mass is 16.6. The van der Waals surface area contributed by atoms with Gasteiger partial charge < -0.3 is 61.6 Å². The summed E-state index contributed by atoms with van der Waals surface area (Å²) in [6.07, 6.45) is 28.3. The van der Waals surface area contributed by atoms with Gasteiger partial charge in [-0.15, -0.1) is 0 Å². The van der Waals surface area contributed by atoms with Crippen molar-refractivity contribution in [3.63, 3.8) is 0 Å². The topological polar surface area (TPSA) is 120 Å². The van der Waals surface area contributed by atoms with Gasteiger partial charge in [-0.3, -0.25) is 0 Å². The van der Waals surface area contributed by atoms with Crippen molar-refractivity contribution in [3.05, 3.63) is 29.8 Å². The Balaban J connectivity index is 1.63. The van der Waals surface area contributed by atoms with E-state index in [-0.39, 0.29) is 0 Å². The number of benzene rings is 1. The zero-order chi connectivity index (χ0) is 47.7. The summed E-state index contributed by atoms with van der Waals surface area (Å²) in [7, 11) is 0. The molecule has 1 aromatic rings. The van der Waals surface area contributed by atoms with Gasteiger partial charge in [-0.2, -0.15) is 0 Å². The van der Waals surface area contributed by atoms with Crippen molar-refractivity contribution in [1.29, 1.82) is 0 Å². The van der Waals surface area contributed by atoms with E-state index in [2.05, 4.69) is 38.1 Å². The lowest BCUT2D eigenvalue weighted by atomic mass is 10.0. The molecule has 13 heteroatoms.